The number of aromatic nitrogens is 3. The summed E-state index contributed by atoms with van der Waals surface area (Å²) in [5.41, 5.74) is 1.27. The number of hydrogen-bond donors (Lipinski definition) is 0. The molecule has 0 radical (unpaired) electrons. The van der Waals surface area contributed by atoms with Crippen LogP contribution >= 0.6 is 0 Å². The molecule has 3 rings (SSSR count). The maximum absolute atomic E-state index is 13.2. The summed E-state index contributed by atoms with van der Waals surface area (Å²) in [5, 5.41) is 4.41. The second kappa shape index (κ2) is 5.20. The summed E-state index contributed by atoms with van der Waals surface area (Å²) in [4.78, 5) is 4.39. The lowest BCUT2D eigenvalue weighted by Gasteiger charge is -2.07. The maximum atomic E-state index is 13.2. The Labute approximate surface area is 119 Å². The van der Waals surface area contributed by atoms with Crippen molar-refractivity contribution in [2.24, 2.45) is 0 Å². The van der Waals surface area contributed by atoms with Crippen LogP contribution in [0.5, 0.6) is 0 Å². The summed E-state index contributed by atoms with van der Waals surface area (Å²) in [6, 6.07) is 6.93. The van der Waals surface area contributed by atoms with Gasteiger partial charge in [-0.25, -0.2) is 22.8 Å². The Morgan fingerprint density at radius 3 is 2.52 bits per heavy atom. The minimum atomic E-state index is -2.62. The molecule has 3 nitrogen and oxygen atoms in total. The molecule has 108 valence electrons. The first-order valence-corrected chi connectivity index (χ1v) is 6.50. The lowest BCUT2D eigenvalue weighted by molar-refractivity contribution is 0.153. The maximum Gasteiger partial charge on any atom is 0.264 e. The van der Waals surface area contributed by atoms with Crippen LogP contribution in [0.1, 0.15) is 18.9 Å². The van der Waals surface area contributed by atoms with Gasteiger partial charge in [-0.15, -0.1) is 0 Å². The highest BCUT2D eigenvalue weighted by Crippen LogP contribution is 2.31. The summed E-state index contributed by atoms with van der Waals surface area (Å²) in [6.45, 7) is 2.40. The predicted octanol–water partition coefficient (Wildman–Crippen LogP) is 4.19. The number of fused-ring (bicyclic) bond motifs is 1. The number of rotatable bonds is 3. The summed E-state index contributed by atoms with van der Waals surface area (Å²) in [7, 11) is 0. The van der Waals surface area contributed by atoms with Gasteiger partial charge in [0.05, 0.1) is 11.9 Å². The van der Waals surface area contributed by atoms with E-state index < -0.39 is 6.43 Å². The van der Waals surface area contributed by atoms with Gasteiger partial charge < -0.3 is 0 Å². The highest BCUT2D eigenvalue weighted by atomic mass is 19.3. The standard InChI is InChI=1S/C15H12F3N3/c1-2-21-15-12(8-19-21)11(14(17)18)7-13(20-15)9-3-5-10(16)6-4-9/h3-8,14H,2H2,1H3. The second-order valence-corrected chi connectivity index (χ2v) is 4.60. The first-order chi connectivity index (χ1) is 10.1. The van der Waals surface area contributed by atoms with Crippen molar-refractivity contribution in [2.45, 2.75) is 19.9 Å². The zero-order valence-corrected chi connectivity index (χ0v) is 11.2. The average Bonchev–Trinajstić information content (AvgIpc) is 2.89. The van der Waals surface area contributed by atoms with E-state index in [9.17, 15) is 13.2 Å². The average molecular weight is 291 g/mol. The molecule has 0 bridgehead atoms. The van der Waals surface area contributed by atoms with Crippen molar-refractivity contribution in [1.29, 1.82) is 0 Å². The first kappa shape index (κ1) is 13.6. The molecule has 0 aliphatic rings. The van der Waals surface area contributed by atoms with E-state index in [2.05, 4.69) is 10.1 Å². The molecule has 0 saturated carbocycles. The molecule has 1 aromatic carbocycles. The molecule has 2 aromatic heterocycles. The summed E-state index contributed by atoms with van der Waals surface area (Å²) < 4.78 is 41.0. The number of pyridine rings is 1. The molecular weight excluding hydrogens is 279 g/mol. The van der Waals surface area contributed by atoms with Gasteiger partial charge in [0.15, 0.2) is 5.65 Å². The summed E-state index contributed by atoms with van der Waals surface area (Å²) in [5.74, 6) is -0.382. The number of halogens is 3. The van der Waals surface area contributed by atoms with Crippen molar-refractivity contribution < 1.29 is 13.2 Å². The van der Waals surface area contributed by atoms with Gasteiger partial charge in [-0.1, -0.05) is 0 Å². The van der Waals surface area contributed by atoms with Gasteiger partial charge >= 0.3 is 0 Å². The van der Waals surface area contributed by atoms with E-state index in [1.54, 1.807) is 4.68 Å². The van der Waals surface area contributed by atoms with Crippen LogP contribution in [-0.4, -0.2) is 14.8 Å². The normalized spacial score (nSPS) is 11.5. The third kappa shape index (κ3) is 2.37. The molecule has 0 fully saturated rings. The van der Waals surface area contributed by atoms with Crippen molar-refractivity contribution >= 4 is 11.0 Å². The molecule has 21 heavy (non-hydrogen) atoms. The number of hydrogen-bond acceptors (Lipinski definition) is 2. The quantitative estimate of drug-likeness (QED) is 0.724. The number of benzene rings is 1. The Morgan fingerprint density at radius 2 is 1.90 bits per heavy atom. The van der Waals surface area contributed by atoms with E-state index in [0.29, 0.717) is 28.8 Å². The lowest BCUT2D eigenvalue weighted by Crippen LogP contribution is -1.99. The zero-order valence-electron chi connectivity index (χ0n) is 11.2. The van der Waals surface area contributed by atoms with Gasteiger partial charge in [-0.2, -0.15) is 5.10 Å². The molecule has 0 aliphatic carbocycles. The molecule has 0 aliphatic heterocycles. The highest BCUT2D eigenvalue weighted by Gasteiger charge is 2.18. The second-order valence-electron chi connectivity index (χ2n) is 4.60. The van der Waals surface area contributed by atoms with Crippen LogP contribution in [-0.2, 0) is 6.54 Å². The van der Waals surface area contributed by atoms with E-state index in [4.69, 9.17) is 0 Å². The van der Waals surface area contributed by atoms with Crippen LogP contribution < -0.4 is 0 Å². The van der Waals surface area contributed by atoms with Gasteiger partial charge in [0.25, 0.3) is 6.43 Å². The van der Waals surface area contributed by atoms with Crippen molar-refractivity contribution in [2.75, 3.05) is 0 Å². The molecule has 2 heterocycles. The molecule has 0 amide bonds. The van der Waals surface area contributed by atoms with E-state index in [0.717, 1.165) is 0 Å². The van der Waals surface area contributed by atoms with E-state index >= 15 is 0 Å². The molecule has 0 spiro atoms. The minimum Gasteiger partial charge on any atom is -0.248 e. The SMILES string of the molecule is CCn1ncc2c(C(F)F)cc(-c3ccc(F)cc3)nc21. The molecule has 0 atom stereocenters. The van der Waals surface area contributed by atoms with Crippen LogP contribution in [0.25, 0.3) is 22.3 Å². The Bertz CT molecular complexity index is 779. The summed E-state index contributed by atoms with van der Waals surface area (Å²) in [6.07, 6.45) is -1.22. The van der Waals surface area contributed by atoms with E-state index in [1.165, 1.54) is 36.5 Å². The fraction of sp³-hybridized carbons (Fsp3) is 0.200. The smallest absolute Gasteiger partial charge is 0.248 e. The van der Waals surface area contributed by atoms with Crippen LogP contribution in [0.2, 0.25) is 0 Å². The lowest BCUT2D eigenvalue weighted by atomic mass is 10.1. The Hall–Kier alpha value is -2.37. The van der Waals surface area contributed by atoms with Crippen molar-refractivity contribution in [3.8, 4) is 11.3 Å². The molecule has 0 saturated heterocycles. The van der Waals surface area contributed by atoms with Crippen molar-refractivity contribution in [3.63, 3.8) is 0 Å². The molecule has 6 heteroatoms. The molecule has 3 aromatic rings. The topological polar surface area (TPSA) is 30.7 Å². The van der Waals surface area contributed by atoms with Gasteiger partial charge in [0.2, 0.25) is 0 Å². The fourth-order valence-electron chi connectivity index (χ4n) is 2.25. The van der Waals surface area contributed by atoms with Gasteiger partial charge in [0, 0.05) is 23.1 Å². The van der Waals surface area contributed by atoms with Crippen molar-refractivity contribution in [1.82, 2.24) is 14.8 Å². The fourth-order valence-corrected chi connectivity index (χ4v) is 2.25. The van der Waals surface area contributed by atoms with Gasteiger partial charge in [0.1, 0.15) is 5.82 Å². The van der Waals surface area contributed by atoms with Crippen LogP contribution in [0.3, 0.4) is 0 Å². The number of alkyl halides is 2. The van der Waals surface area contributed by atoms with E-state index in [1.807, 2.05) is 6.92 Å². The number of aryl methyl sites for hydroxylation is 1. The molecule has 0 N–H and O–H groups in total. The molecule has 0 unspecified atom stereocenters. The monoisotopic (exact) mass is 291 g/mol. The van der Waals surface area contributed by atoms with Crippen LogP contribution in [0.4, 0.5) is 13.2 Å². The van der Waals surface area contributed by atoms with Crippen molar-refractivity contribution in [3.05, 3.63) is 47.9 Å². The van der Waals surface area contributed by atoms with Gasteiger partial charge in [-0.3, -0.25) is 0 Å². The number of nitrogens with zero attached hydrogens (tertiary/aromatic N) is 3. The third-order valence-corrected chi connectivity index (χ3v) is 3.32. The molecular formula is C15H12F3N3. The summed E-state index contributed by atoms with van der Waals surface area (Å²) >= 11 is 0. The first-order valence-electron chi connectivity index (χ1n) is 6.50. The zero-order chi connectivity index (χ0) is 15.0. The Morgan fingerprint density at radius 1 is 1.19 bits per heavy atom. The Balaban J connectivity index is 2.25. The third-order valence-electron chi connectivity index (χ3n) is 3.32. The minimum absolute atomic E-state index is 0.112. The van der Waals surface area contributed by atoms with E-state index in [-0.39, 0.29) is 11.4 Å². The van der Waals surface area contributed by atoms with Crippen LogP contribution in [0.15, 0.2) is 36.5 Å². The largest absolute Gasteiger partial charge is 0.264 e. The highest BCUT2D eigenvalue weighted by molar-refractivity contribution is 5.82. The Kier molecular flexibility index (Phi) is 3.37. The predicted molar refractivity (Wildman–Crippen MR) is 73.6 cm³/mol. The van der Waals surface area contributed by atoms with Gasteiger partial charge in [-0.05, 0) is 37.3 Å². The van der Waals surface area contributed by atoms with Crippen LogP contribution in [0, 0.1) is 5.82 Å².